The lowest BCUT2D eigenvalue weighted by molar-refractivity contribution is 0.139. The predicted octanol–water partition coefficient (Wildman–Crippen LogP) is 3.57. The Bertz CT molecular complexity index is 310. The topological polar surface area (TPSA) is 39.7 Å². The van der Waals surface area contributed by atoms with E-state index in [9.17, 15) is 0 Å². The first-order valence-corrected chi connectivity index (χ1v) is 9.18. The van der Waals surface area contributed by atoms with Crippen molar-refractivity contribution in [2.45, 2.75) is 53.4 Å². The minimum Gasteiger partial charge on any atom is -0.356 e. The summed E-state index contributed by atoms with van der Waals surface area (Å²) in [6.07, 6.45) is 5.07. The standard InChI is InChI=1S/C18H38N4.HI/c1-15(2)8-10-21-18(19-5)20-9-6-7-11-22-13-16(3)12-17(4)14-22;/h15-17H,6-14H2,1-5H3,(H2,19,20,21);1H. The van der Waals surface area contributed by atoms with Crippen LogP contribution < -0.4 is 10.6 Å². The van der Waals surface area contributed by atoms with Crippen LogP contribution in [0.15, 0.2) is 4.99 Å². The molecule has 0 spiro atoms. The summed E-state index contributed by atoms with van der Waals surface area (Å²) in [5.74, 6) is 3.41. The zero-order valence-electron chi connectivity index (χ0n) is 15.9. The molecule has 1 aliphatic heterocycles. The van der Waals surface area contributed by atoms with E-state index in [2.05, 4.69) is 48.2 Å². The van der Waals surface area contributed by atoms with E-state index in [1.807, 2.05) is 7.05 Å². The van der Waals surface area contributed by atoms with Crippen molar-refractivity contribution in [2.75, 3.05) is 39.8 Å². The zero-order chi connectivity index (χ0) is 16.4. The van der Waals surface area contributed by atoms with Gasteiger partial charge in [0.1, 0.15) is 0 Å². The molecule has 4 nitrogen and oxygen atoms in total. The van der Waals surface area contributed by atoms with E-state index >= 15 is 0 Å². The van der Waals surface area contributed by atoms with Gasteiger partial charge in [0.05, 0.1) is 0 Å². The quantitative estimate of drug-likeness (QED) is 0.264. The van der Waals surface area contributed by atoms with Crippen molar-refractivity contribution in [3.63, 3.8) is 0 Å². The maximum atomic E-state index is 4.28. The van der Waals surface area contributed by atoms with E-state index in [4.69, 9.17) is 0 Å². The van der Waals surface area contributed by atoms with Crippen molar-refractivity contribution in [3.8, 4) is 0 Å². The van der Waals surface area contributed by atoms with Crippen LogP contribution in [0.25, 0.3) is 0 Å². The molecule has 1 rings (SSSR count). The third-order valence-corrected chi connectivity index (χ3v) is 4.38. The highest BCUT2D eigenvalue weighted by atomic mass is 127. The Kier molecular flexibility index (Phi) is 13.3. The number of hydrogen-bond acceptors (Lipinski definition) is 2. The van der Waals surface area contributed by atoms with Gasteiger partial charge in [-0.3, -0.25) is 4.99 Å². The maximum absolute atomic E-state index is 4.28. The van der Waals surface area contributed by atoms with Crippen molar-refractivity contribution < 1.29 is 0 Å². The van der Waals surface area contributed by atoms with Crippen molar-refractivity contribution in [1.82, 2.24) is 15.5 Å². The second-order valence-electron chi connectivity index (χ2n) is 7.52. The number of nitrogens with zero attached hydrogens (tertiary/aromatic N) is 2. The molecule has 5 heteroatoms. The van der Waals surface area contributed by atoms with Crippen molar-refractivity contribution in [1.29, 1.82) is 0 Å². The Labute approximate surface area is 161 Å². The molecule has 0 amide bonds. The molecule has 138 valence electrons. The molecule has 1 aliphatic rings. The van der Waals surface area contributed by atoms with Crippen LogP contribution in [0.4, 0.5) is 0 Å². The average molecular weight is 438 g/mol. The van der Waals surface area contributed by atoms with Crippen LogP contribution in [-0.4, -0.2) is 50.6 Å². The summed E-state index contributed by atoms with van der Waals surface area (Å²) in [6.45, 7) is 15.1. The van der Waals surface area contributed by atoms with Crippen LogP contribution in [-0.2, 0) is 0 Å². The Morgan fingerprint density at radius 3 is 2.26 bits per heavy atom. The highest BCUT2D eigenvalue weighted by molar-refractivity contribution is 14.0. The highest BCUT2D eigenvalue weighted by Gasteiger charge is 2.20. The van der Waals surface area contributed by atoms with Gasteiger partial charge in [-0.1, -0.05) is 27.7 Å². The van der Waals surface area contributed by atoms with E-state index in [-0.39, 0.29) is 24.0 Å². The van der Waals surface area contributed by atoms with Gasteiger partial charge in [-0.25, -0.2) is 0 Å². The van der Waals surface area contributed by atoms with Gasteiger partial charge in [-0.2, -0.15) is 0 Å². The number of nitrogens with one attached hydrogen (secondary N) is 2. The second kappa shape index (κ2) is 13.3. The van der Waals surface area contributed by atoms with Crippen LogP contribution in [0.5, 0.6) is 0 Å². The van der Waals surface area contributed by atoms with Crippen LogP contribution in [0.1, 0.15) is 53.4 Å². The maximum Gasteiger partial charge on any atom is 0.190 e. The average Bonchev–Trinajstić information content (AvgIpc) is 2.43. The number of likely N-dealkylation sites (tertiary alicyclic amines) is 1. The summed E-state index contributed by atoms with van der Waals surface area (Å²) in [5.41, 5.74) is 0. The largest absolute Gasteiger partial charge is 0.356 e. The molecule has 0 aromatic rings. The number of guanidine groups is 1. The van der Waals surface area contributed by atoms with Crippen molar-refractivity contribution in [3.05, 3.63) is 0 Å². The van der Waals surface area contributed by atoms with Crippen LogP contribution in [0.2, 0.25) is 0 Å². The molecule has 1 heterocycles. The number of rotatable bonds is 8. The van der Waals surface area contributed by atoms with Gasteiger partial charge < -0.3 is 15.5 Å². The molecule has 0 bridgehead atoms. The van der Waals surface area contributed by atoms with Crippen LogP contribution in [0.3, 0.4) is 0 Å². The van der Waals surface area contributed by atoms with E-state index in [1.54, 1.807) is 0 Å². The molecule has 2 unspecified atom stereocenters. The summed E-state index contributed by atoms with van der Waals surface area (Å²) >= 11 is 0. The van der Waals surface area contributed by atoms with Crippen LogP contribution >= 0.6 is 24.0 Å². The monoisotopic (exact) mass is 438 g/mol. The normalized spacial score (nSPS) is 22.8. The fraction of sp³-hybridized carbons (Fsp3) is 0.944. The summed E-state index contributed by atoms with van der Waals surface area (Å²) in [6, 6.07) is 0. The lowest BCUT2D eigenvalue weighted by Crippen LogP contribution is -2.40. The molecule has 1 saturated heterocycles. The Balaban J connectivity index is 0.00000484. The fourth-order valence-corrected chi connectivity index (χ4v) is 3.34. The minimum atomic E-state index is 0. The Hall–Kier alpha value is -0.0400. The third-order valence-electron chi connectivity index (χ3n) is 4.38. The molecule has 0 radical (unpaired) electrons. The van der Waals surface area contributed by atoms with Gasteiger partial charge >= 0.3 is 0 Å². The molecule has 0 aromatic heterocycles. The summed E-state index contributed by atoms with van der Waals surface area (Å²) in [4.78, 5) is 6.92. The van der Waals surface area contributed by atoms with Gasteiger partial charge in [-0.05, 0) is 50.0 Å². The molecular formula is C18H39IN4. The number of hydrogen-bond donors (Lipinski definition) is 2. The molecular weight excluding hydrogens is 399 g/mol. The molecule has 0 aliphatic carbocycles. The predicted molar refractivity (Wildman–Crippen MR) is 113 cm³/mol. The number of aliphatic imine (C=N–C) groups is 1. The van der Waals surface area contributed by atoms with Gasteiger partial charge in [0.25, 0.3) is 0 Å². The van der Waals surface area contributed by atoms with Crippen LogP contribution in [0, 0.1) is 17.8 Å². The van der Waals surface area contributed by atoms with Gasteiger partial charge in [0.2, 0.25) is 0 Å². The first kappa shape index (κ1) is 23.0. The first-order chi connectivity index (χ1) is 10.5. The third kappa shape index (κ3) is 11.2. The second-order valence-corrected chi connectivity index (χ2v) is 7.52. The van der Waals surface area contributed by atoms with Gasteiger partial charge in [0.15, 0.2) is 5.96 Å². The van der Waals surface area contributed by atoms with Crippen molar-refractivity contribution >= 4 is 29.9 Å². The SMILES string of the molecule is CN=C(NCCCCN1CC(C)CC(C)C1)NCCC(C)C.I. The smallest absolute Gasteiger partial charge is 0.190 e. The first-order valence-electron chi connectivity index (χ1n) is 9.18. The molecule has 0 saturated carbocycles. The van der Waals surface area contributed by atoms with E-state index in [0.29, 0.717) is 0 Å². The fourth-order valence-electron chi connectivity index (χ4n) is 3.34. The lowest BCUT2D eigenvalue weighted by Gasteiger charge is -2.34. The summed E-state index contributed by atoms with van der Waals surface area (Å²) < 4.78 is 0. The lowest BCUT2D eigenvalue weighted by atomic mass is 9.92. The molecule has 2 N–H and O–H groups in total. The minimum absolute atomic E-state index is 0. The molecule has 23 heavy (non-hydrogen) atoms. The zero-order valence-corrected chi connectivity index (χ0v) is 18.2. The van der Waals surface area contributed by atoms with E-state index in [1.165, 1.54) is 45.3 Å². The highest BCUT2D eigenvalue weighted by Crippen LogP contribution is 2.20. The summed E-state index contributed by atoms with van der Waals surface area (Å²) in [7, 11) is 1.85. The van der Waals surface area contributed by atoms with Gasteiger partial charge in [-0.15, -0.1) is 24.0 Å². The van der Waals surface area contributed by atoms with E-state index in [0.717, 1.165) is 36.8 Å². The number of piperidine rings is 1. The Morgan fingerprint density at radius 1 is 1.09 bits per heavy atom. The van der Waals surface area contributed by atoms with Gasteiger partial charge in [0, 0.05) is 33.2 Å². The molecule has 0 aromatic carbocycles. The van der Waals surface area contributed by atoms with E-state index < -0.39 is 0 Å². The molecule has 1 fully saturated rings. The number of halogens is 1. The van der Waals surface area contributed by atoms with Crippen molar-refractivity contribution in [2.24, 2.45) is 22.7 Å². The number of unbranched alkanes of at least 4 members (excludes halogenated alkanes) is 1. The Morgan fingerprint density at radius 2 is 1.70 bits per heavy atom. The molecule has 2 atom stereocenters. The summed E-state index contributed by atoms with van der Waals surface area (Å²) in [5, 5.41) is 6.80.